The van der Waals surface area contributed by atoms with Crippen LogP contribution in [0, 0.1) is 0 Å². The van der Waals surface area contributed by atoms with E-state index in [9.17, 15) is 87.8 Å². The van der Waals surface area contributed by atoms with Crippen molar-refractivity contribution >= 4 is 29.6 Å². The van der Waals surface area contributed by atoms with Gasteiger partial charge in [0.05, 0.1) is 0 Å². The third-order valence-corrected chi connectivity index (χ3v) is 3.08. The van der Waals surface area contributed by atoms with Crippen molar-refractivity contribution in [3.05, 3.63) is 0 Å². The summed E-state index contributed by atoms with van der Waals surface area (Å²) in [6, 6.07) is 0. The Morgan fingerprint density at radius 3 is 0.400 bits per heavy atom. The molecule has 0 N–H and O–H groups in total. The molecule has 0 aliphatic heterocycles. The molecular formula is C9F20Na. The maximum atomic E-state index is 12.9. The van der Waals surface area contributed by atoms with Crippen LogP contribution in [0.15, 0.2) is 0 Å². The van der Waals surface area contributed by atoms with E-state index in [4.69, 9.17) is 0 Å². The van der Waals surface area contributed by atoms with Crippen LogP contribution in [-0.2, 0) is 0 Å². The first-order valence-electron chi connectivity index (χ1n) is 5.78. The Hall–Kier alpha value is -0.400. The van der Waals surface area contributed by atoms with Gasteiger partial charge in [0.2, 0.25) is 0 Å². The summed E-state index contributed by atoms with van der Waals surface area (Å²) >= 11 is 0. The molecule has 0 nitrogen and oxygen atoms in total. The molecule has 0 rings (SSSR count). The molecule has 21 heteroatoms. The molecule has 0 aromatic rings. The minimum Gasteiger partial charge on any atom is -0.192 e. The Kier molecular flexibility index (Phi) is 8.03. The van der Waals surface area contributed by atoms with Crippen molar-refractivity contribution in [2.45, 2.75) is 53.8 Å². The second kappa shape index (κ2) is 7.58. The molecule has 0 aromatic heterocycles. The molecule has 30 heavy (non-hydrogen) atoms. The van der Waals surface area contributed by atoms with Crippen molar-refractivity contribution in [2.24, 2.45) is 0 Å². The summed E-state index contributed by atoms with van der Waals surface area (Å²) < 4.78 is 248. The molecule has 0 saturated carbocycles. The fourth-order valence-corrected chi connectivity index (χ4v) is 1.34. The van der Waals surface area contributed by atoms with Crippen molar-refractivity contribution < 1.29 is 87.8 Å². The van der Waals surface area contributed by atoms with Crippen LogP contribution in [0.4, 0.5) is 87.8 Å². The molecule has 0 amide bonds. The number of alkyl halides is 20. The monoisotopic (exact) mass is 511 g/mol. The van der Waals surface area contributed by atoms with Crippen LogP contribution in [0.5, 0.6) is 0 Å². The largest absolute Gasteiger partial charge is 0.460 e. The van der Waals surface area contributed by atoms with Gasteiger partial charge in [-0.2, -0.15) is 87.8 Å². The molecule has 0 spiro atoms. The van der Waals surface area contributed by atoms with Crippen molar-refractivity contribution in [3.63, 3.8) is 0 Å². The van der Waals surface area contributed by atoms with Crippen LogP contribution in [0.25, 0.3) is 0 Å². The van der Waals surface area contributed by atoms with Gasteiger partial charge >= 0.3 is 53.8 Å². The fourth-order valence-electron chi connectivity index (χ4n) is 1.34. The van der Waals surface area contributed by atoms with Gasteiger partial charge in [-0.05, 0) is 0 Å². The molecule has 1 radical (unpaired) electrons. The third kappa shape index (κ3) is 3.81. The summed E-state index contributed by atoms with van der Waals surface area (Å²) in [5.74, 6) is -61.1. The van der Waals surface area contributed by atoms with Crippen molar-refractivity contribution in [1.29, 1.82) is 0 Å². The number of halogens is 20. The average Bonchev–Trinajstić information content (AvgIpc) is 2.43. The zero-order valence-corrected chi connectivity index (χ0v) is 15.1. The normalized spacial score (nSPS) is 16.4. The quantitative estimate of drug-likeness (QED) is 0.296. The molecule has 0 fully saturated rings. The second-order valence-corrected chi connectivity index (χ2v) is 5.02. The van der Waals surface area contributed by atoms with Crippen LogP contribution in [0.2, 0.25) is 0 Å². The minimum absolute atomic E-state index is 0. The first kappa shape index (κ1) is 31.8. The van der Waals surface area contributed by atoms with Crippen LogP contribution >= 0.6 is 0 Å². The Morgan fingerprint density at radius 1 is 0.200 bits per heavy atom. The van der Waals surface area contributed by atoms with Crippen molar-refractivity contribution in [2.75, 3.05) is 0 Å². The van der Waals surface area contributed by atoms with Gasteiger partial charge in [-0.15, -0.1) is 0 Å². The summed E-state index contributed by atoms with van der Waals surface area (Å²) in [7, 11) is 0. The predicted octanol–water partition coefficient (Wildman–Crippen LogP) is 6.18. The van der Waals surface area contributed by atoms with E-state index < -0.39 is 53.8 Å². The molecule has 0 heterocycles. The van der Waals surface area contributed by atoms with Gasteiger partial charge < -0.3 is 0 Å². The van der Waals surface area contributed by atoms with E-state index in [0.29, 0.717) is 0 Å². The van der Waals surface area contributed by atoms with E-state index in [0.717, 1.165) is 0 Å². The molecule has 0 saturated heterocycles. The Morgan fingerprint density at radius 2 is 0.300 bits per heavy atom. The first-order valence-corrected chi connectivity index (χ1v) is 5.78. The van der Waals surface area contributed by atoms with E-state index in [-0.39, 0.29) is 29.6 Å². The maximum absolute atomic E-state index is 12.9. The van der Waals surface area contributed by atoms with Gasteiger partial charge in [-0.25, -0.2) is 0 Å². The molecule has 0 unspecified atom stereocenters. The van der Waals surface area contributed by atoms with Crippen LogP contribution < -0.4 is 0 Å². The number of rotatable bonds is 6. The van der Waals surface area contributed by atoms with Gasteiger partial charge in [0.1, 0.15) is 0 Å². The number of hydrogen-bond donors (Lipinski definition) is 0. The van der Waals surface area contributed by atoms with Crippen molar-refractivity contribution in [3.8, 4) is 0 Å². The topological polar surface area (TPSA) is 0 Å². The maximum Gasteiger partial charge on any atom is 0.460 e. The Bertz CT molecular complexity index is 555. The van der Waals surface area contributed by atoms with Crippen LogP contribution in [0.1, 0.15) is 0 Å². The Labute approximate surface area is 171 Å². The molecule has 0 aromatic carbocycles. The smallest absolute Gasteiger partial charge is 0.192 e. The summed E-state index contributed by atoms with van der Waals surface area (Å²) in [4.78, 5) is 0. The summed E-state index contributed by atoms with van der Waals surface area (Å²) in [5.41, 5.74) is 0. The predicted molar refractivity (Wildman–Crippen MR) is 52.5 cm³/mol. The number of hydrogen-bond acceptors (Lipinski definition) is 0. The second-order valence-electron chi connectivity index (χ2n) is 5.02. The fraction of sp³-hybridized carbons (Fsp3) is 1.00. The van der Waals surface area contributed by atoms with Crippen LogP contribution in [-0.4, -0.2) is 83.4 Å². The molecular weight excluding hydrogens is 511 g/mol. The summed E-state index contributed by atoms with van der Waals surface area (Å²) in [6.45, 7) is 0. The van der Waals surface area contributed by atoms with Gasteiger partial charge in [-0.3, -0.25) is 0 Å². The van der Waals surface area contributed by atoms with E-state index in [1.165, 1.54) is 0 Å². The summed E-state index contributed by atoms with van der Waals surface area (Å²) in [5, 5.41) is 0. The van der Waals surface area contributed by atoms with Gasteiger partial charge in [-0.1, -0.05) is 0 Å². The average molecular weight is 511 g/mol. The summed E-state index contributed by atoms with van der Waals surface area (Å²) in [6.07, 6.45) is -15.9. The zero-order valence-electron chi connectivity index (χ0n) is 13.1. The molecule has 177 valence electrons. The SMILES string of the molecule is FC(F)(F)C(F)(F)C(F)(F)C(F)(F)C(F)(F)C(F)(F)C(F)(F)C(F)(F)C(F)(F)F.[Na]. The van der Waals surface area contributed by atoms with Crippen molar-refractivity contribution in [1.82, 2.24) is 0 Å². The first-order chi connectivity index (χ1) is 12.0. The van der Waals surface area contributed by atoms with E-state index in [1.807, 2.05) is 0 Å². The van der Waals surface area contributed by atoms with Gasteiger partial charge in [0.25, 0.3) is 0 Å². The van der Waals surface area contributed by atoms with E-state index in [1.54, 1.807) is 0 Å². The zero-order chi connectivity index (χ0) is 24.5. The Balaban J connectivity index is 0. The molecule has 0 bridgehead atoms. The molecule has 0 atom stereocenters. The minimum atomic E-state index is -9.02. The standard InChI is InChI=1S/C9F20.Na/c10-1(11,2(12,13)4(16,17)6(20,21)8(24,25)26)3(14,15)5(18,19)7(22,23)9(27,28)29;. The van der Waals surface area contributed by atoms with Gasteiger partial charge in [0.15, 0.2) is 0 Å². The van der Waals surface area contributed by atoms with Crippen LogP contribution in [0.3, 0.4) is 0 Å². The van der Waals surface area contributed by atoms with Gasteiger partial charge in [0, 0.05) is 29.6 Å². The van der Waals surface area contributed by atoms with E-state index >= 15 is 0 Å². The molecule has 0 aliphatic carbocycles. The van der Waals surface area contributed by atoms with E-state index in [2.05, 4.69) is 0 Å². The molecule has 0 aliphatic rings. The third-order valence-electron chi connectivity index (χ3n) is 3.08.